The predicted octanol–water partition coefficient (Wildman–Crippen LogP) is 4.81. The molecule has 0 spiro atoms. The molecule has 3 aromatic rings. The molecule has 0 amide bonds. The van der Waals surface area contributed by atoms with E-state index in [0.29, 0.717) is 27.7 Å². The molecule has 0 aliphatic heterocycles. The van der Waals surface area contributed by atoms with Crippen molar-refractivity contribution in [1.29, 1.82) is 0 Å². The summed E-state index contributed by atoms with van der Waals surface area (Å²) >= 11 is 0. The molecule has 0 aromatic heterocycles. The van der Waals surface area contributed by atoms with Crippen LogP contribution in [0.4, 0.5) is 13.2 Å². The minimum atomic E-state index is -4.47. The number of aliphatic carboxylic acids is 1. The fourth-order valence-corrected chi connectivity index (χ4v) is 3.66. The minimum Gasteiger partial charge on any atom is -0.481 e. The molecule has 0 aliphatic rings. The Morgan fingerprint density at radius 2 is 1.68 bits per heavy atom. The zero-order valence-electron chi connectivity index (χ0n) is 14.9. The van der Waals surface area contributed by atoms with E-state index >= 15 is 0 Å². The van der Waals surface area contributed by atoms with Crippen molar-refractivity contribution in [3.8, 4) is 0 Å². The molecule has 3 aromatic carbocycles. The molecule has 7 heteroatoms. The van der Waals surface area contributed by atoms with E-state index < -0.39 is 28.5 Å². The van der Waals surface area contributed by atoms with E-state index in [0.717, 1.165) is 23.3 Å². The summed E-state index contributed by atoms with van der Waals surface area (Å²) in [6, 6.07) is 13.8. The van der Waals surface area contributed by atoms with Crippen LogP contribution in [0.5, 0.6) is 0 Å². The van der Waals surface area contributed by atoms with E-state index in [-0.39, 0.29) is 6.42 Å². The van der Waals surface area contributed by atoms with Gasteiger partial charge in [-0.2, -0.15) is 13.2 Å². The van der Waals surface area contributed by atoms with Gasteiger partial charge in [-0.3, -0.25) is 9.00 Å². The van der Waals surface area contributed by atoms with Crippen LogP contribution in [0.2, 0.25) is 0 Å². The van der Waals surface area contributed by atoms with Crippen molar-refractivity contribution < 1.29 is 27.3 Å². The molecule has 1 unspecified atom stereocenters. The lowest BCUT2D eigenvalue weighted by atomic mass is 9.94. The zero-order valence-corrected chi connectivity index (χ0v) is 15.7. The van der Waals surface area contributed by atoms with Crippen LogP contribution in [-0.4, -0.2) is 21.5 Å². The minimum absolute atomic E-state index is 0.271. The lowest BCUT2D eigenvalue weighted by molar-refractivity contribution is -0.138. The first-order chi connectivity index (χ1) is 13.1. The molecule has 0 fully saturated rings. The van der Waals surface area contributed by atoms with Gasteiger partial charge in [0, 0.05) is 22.0 Å². The molecule has 0 radical (unpaired) electrons. The van der Waals surface area contributed by atoms with Crippen molar-refractivity contribution in [3.05, 3.63) is 76.9 Å². The van der Waals surface area contributed by atoms with Gasteiger partial charge >= 0.3 is 12.1 Å². The van der Waals surface area contributed by atoms with Crippen LogP contribution in [0.1, 0.15) is 22.3 Å². The van der Waals surface area contributed by atoms with Gasteiger partial charge in [0.2, 0.25) is 0 Å². The highest BCUT2D eigenvalue weighted by Crippen LogP contribution is 2.33. The Kier molecular flexibility index (Phi) is 5.56. The monoisotopic (exact) mass is 406 g/mol. The summed E-state index contributed by atoms with van der Waals surface area (Å²) in [6.07, 6.45) is -2.74. The Balaban J connectivity index is 2.08. The summed E-state index contributed by atoms with van der Waals surface area (Å²) in [6.45, 7) is 0. The number of alkyl halides is 3. The Morgan fingerprint density at radius 3 is 2.25 bits per heavy atom. The van der Waals surface area contributed by atoms with Crippen molar-refractivity contribution >= 4 is 27.5 Å². The van der Waals surface area contributed by atoms with Crippen LogP contribution in [0.3, 0.4) is 0 Å². The average molecular weight is 406 g/mol. The van der Waals surface area contributed by atoms with Gasteiger partial charge in [0.15, 0.2) is 0 Å². The van der Waals surface area contributed by atoms with Crippen LogP contribution < -0.4 is 0 Å². The van der Waals surface area contributed by atoms with E-state index in [1.54, 1.807) is 24.5 Å². The molecule has 0 aliphatic carbocycles. The summed E-state index contributed by atoms with van der Waals surface area (Å²) < 4.78 is 50.7. The number of halogens is 3. The van der Waals surface area contributed by atoms with Crippen LogP contribution in [0.25, 0.3) is 10.8 Å². The third kappa shape index (κ3) is 4.59. The molecule has 3 rings (SSSR count). The molecule has 28 heavy (non-hydrogen) atoms. The lowest BCUT2D eigenvalue weighted by Crippen LogP contribution is -2.05. The summed E-state index contributed by atoms with van der Waals surface area (Å²) in [5, 5.41) is 10.1. The first-order valence-corrected chi connectivity index (χ1v) is 9.96. The molecule has 1 N–H and O–H groups in total. The molecule has 0 saturated carbocycles. The van der Waals surface area contributed by atoms with Crippen LogP contribution in [0.15, 0.2) is 59.5 Å². The number of fused-ring (bicyclic) bond motifs is 1. The normalized spacial score (nSPS) is 12.9. The Hall–Kier alpha value is -2.67. The van der Waals surface area contributed by atoms with Gasteiger partial charge in [-0.15, -0.1) is 0 Å². The SMILES string of the molecule is CS(=O)c1ccc(Cc2cc(CC(=O)O)cc3cc(C(F)(F)F)ccc23)cc1. The Labute approximate surface area is 162 Å². The molecule has 3 nitrogen and oxygen atoms in total. The van der Waals surface area contributed by atoms with Gasteiger partial charge in [0.1, 0.15) is 0 Å². The molecule has 0 heterocycles. The number of benzene rings is 3. The van der Waals surface area contributed by atoms with Crippen molar-refractivity contribution in [2.75, 3.05) is 6.26 Å². The number of carboxylic acid groups (broad SMARTS) is 1. The molecule has 0 bridgehead atoms. The van der Waals surface area contributed by atoms with Gasteiger partial charge in [0.25, 0.3) is 0 Å². The molecular formula is C21H17F3O3S. The van der Waals surface area contributed by atoms with Crippen LogP contribution in [-0.2, 0) is 34.6 Å². The van der Waals surface area contributed by atoms with Crippen molar-refractivity contribution in [3.63, 3.8) is 0 Å². The molecular weight excluding hydrogens is 389 g/mol. The fourth-order valence-electron chi connectivity index (χ4n) is 3.14. The highest BCUT2D eigenvalue weighted by Gasteiger charge is 2.30. The summed E-state index contributed by atoms with van der Waals surface area (Å²) in [5.41, 5.74) is 1.31. The van der Waals surface area contributed by atoms with E-state index in [4.69, 9.17) is 5.11 Å². The summed E-state index contributed by atoms with van der Waals surface area (Å²) in [4.78, 5) is 11.8. The van der Waals surface area contributed by atoms with Gasteiger partial charge in [0.05, 0.1) is 12.0 Å². The van der Waals surface area contributed by atoms with Gasteiger partial charge in [-0.05, 0) is 58.1 Å². The standard InChI is InChI=1S/C21H17F3O3S/c1-28(27)18-5-2-13(3-6-18)8-15-9-14(11-20(25)26)10-16-12-17(21(22,23)24)4-7-19(15)16/h2-7,9-10,12H,8,11H2,1H3,(H,25,26). The lowest BCUT2D eigenvalue weighted by Gasteiger charge is -2.13. The number of hydrogen-bond donors (Lipinski definition) is 1. The van der Waals surface area contributed by atoms with E-state index in [9.17, 15) is 22.2 Å². The smallest absolute Gasteiger partial charge is 0.416 e. The number of carbonyl (C=O) groups is 1. The topological polar surface area (TPSA) is 54.4 Å². The first-order valence-electron chi connectivity index (χ1n) is 8.40. The maximum Gasteiger partial charge on any atom is 0.416 e. The van der Waals surface area contributed by atoms with Crippen molar-refractivity contribution in [2.45, 2.75) is 23.9 Å². The predicted molar refractivity (Wildman–Crippen MR) is 102 cm³/mol. The van der Waals surface area contributed by atoms with Gasteiger partial charge in [-0.1, -0.05) is 30.3 Å². The Morgan fingerprint density at radius 1 is 1.00 bits per heavy atom. The van der Waals surface area contributed by atoms with E-state index in [2.05, 4.69) is 0 Å². The number of hydrogen-bond acceptors (Lipinski definition) is 2. The second-order valence-electron chi connectivity index (χ2n) is 6.53. The second kappa shape index (κ2) is 7.75. The highest BCUT2D eigenvalue weighted by molar-refractivity contribution is 7.84. The van der Waals surface area contributed by atoms with Crippen molar-refractivity contribution in [2.24, 2.45) is 0 Å². The first kappa shape index (κ1) is 20.1. The molecule has 0 saturated heterocycles. The molecule has 1 atom stereocenters. The highest BCUT2D eigenvalue weighted by atomic mass is 32.2. The fraction of sp³-hybridized carbons (Fsp3) is 0.190. The van der Waals surface area contributed by atoms with E-state index in [1.165, 1.54) is 12.1 Å². The maximum absolute atomic E-state index is 13.1. The third-order valence-electron chi connectivity index (χ3n) is 4.43. The van der Waals surface area contributed by atoms with E-state index in [1.807, 2.05) is 12.1 Å². The summed E-state index contributed by atoms with van der Waals surface area (Å²) in [7, 11) is -1.10. The maximum atomic E-state index is 13.1. The number of carboxylic acids is 1. The Bertz CT molecular complexity index is 1060. The second-order valence-corrected chi connectivity index (χ2v) is 7.91. The molecule has 146 valence electrons. The third-order valence-corrected chi connectivity index (χ3v) is 5.37. The zero-order chi connectivity index (χ0) is 20.5. The quantitative estimate of drug-likeness (QED) is 0.661. The van der Waals surface area contributed by atoms with Gasteiger partial charge < -0.3 is 5.11 Å². The van der Waals surface area contributed by atoms with Gasteiger partial charge in [-0.25, -0.2) is 0 Å². The largest absolute Gasteiger partial charge is 0.481 e. The average Bonchev–Trinajstić information content (AvgIpc) is 2.60. The number of rotatable bonds is 5. The summed E-state index contributed by atoms with van der Waals surface area (Å²) in [5.74, 6) is -1.05. The van der Waals surface area contributed by atoms with Crippen LogP contribution in [0, 0.1) is 0 Å². The van der Waals surface area contributed by atoms with Crippen molar-refractivity contribution in [1.82, 2.24) is 0 Å². The van der Waals surface area contributed by atoms with Crippen LogP contribution >= 0.6 is 0 Å².